The molecule has 136 valence electrons. The molecule has 0 unspecified atom stereocenters. The molecule has 4 rings (SSSR count). The minimum atomic E-state index is -0.130. The topological polar surface area (TPSA) is 33.1 Å². The standard InChI is InChI=1S/C20H22ClFN4/c1-13-9-15(10-14(2)19(13)22)12-26-18-11-16(21)3-4-17(18)24-20(26)25-7-5-23-6-8-25/h3-4,9-11,23H,5-8,12H2,1-2H3. The van der Waals surface area contributed by atoms with Crippen molar-refractivity contribution in [1.82, 2.24) is 14.9 Å². The largest absolute Gasteiger partial charge is 0.340 e. The predicted molar refractivity (Wildman–Crippen MR) is 105 cm³/mol. The number of fused-ring (bicyclic) bond motifs is 1. The summed E-state index contributed by atoms with van der Waals surface area (Å²) in [5, 5.41) is 4.07. The lowest BCUT2D eigenvalue weighted by molar-refractivity contribution is 0.571. The molecule has 2 heterocycles. The third-order valence-electron chi connectivity index (χ3n) is 4.93. The molecule has 0 bridgehead atoms. The Labute approximate surface area is 157 Å². The van der Waals surface area contributed by atoms with E-state index >= 15 is 0 Å². The minimum absolute atomic E-state index is 0.130. The first-order valence-corrected chi connectivity index (χ1v) is 9.28. The number of rotatable bonds is 3. The molecule has 1 fully saturated rings. The number of hydrogen-bond donors (Lipinski definition) is 1. The number of aryl methyl sites for hydroxylation is 2. The average molecular weight is 373 g/mol. The number of halogens is 2. The van der Waals surface area contributed by atoms with Gasteiger partial charge in [0, 0.05) is 31.2 Å². The van der Waals surface area contributed by atoms with Gasteiger partial charge in [0.2, 0.25) is 5.95 Å². The van der Waals surface area contributed by atoms with Crippen molar-refractivity contribution in [1.29, 1.82) is 0 Å². The van der Waals surface area contributed by atoms with Crippen LogP contribution in [0.5, 0.6) is 0 Å². The Bertz CT molecular complexity index is 937. The number of nitrogens with zero attached hydrogens (tertiary/aromatic N) is 3. The second-order valence-corrected chi connectivity index (χ2v) is 7.35. The van der Waals surface area contributed by atoms with Crippen LogP contribution in [0.2, 0.25) is 5.02 Å². The van der Waals surface area contributed by atoms with Crippen LogP contribution in [-0.2, 0) is 6.54 Å². The normalized spacial score (nSPS) is 15.0. The van der Waals surface area contributed by atoms with Gasteiger partial charge in [0.05, 0.1) is 17.6 Å². The molecule has 3 aromatic rings. The van der Waals surface area contributed by atoms with E-state index in [1.807, 2.05) is 44.2 Å². The molecule has 0 aliphatic carbocycles. The fourth-order valence-electron chi connectivity index (χ4n) is 3.65. The number of piperazine rings is 1. The zero-order chi connectivity index (χ0) is 18.3. The van der Waals surface area contributed by atoms with E-state index in [9.17, 15) is 4.39 Å². The van der Waals surface area contributed by atoms with Gasteiger partial charge in [0.15, 0.2) is 0 Å². The number of benzene rings is 2. The summed E-state index contributed by atoms with van der Waals surface area (Å²) in [5.41, 5.74) is 4.35. The summed E-state index contributed by atoms with van der Waals surface area (Å²) >= 11 is 6.25. The molecule has 6 heteroatoms. The lowest BCUT2D eigenvalue weighted by Crippen LogP contribution is -2.44. The summed E-state index contributed by atoms with van der Waals surface area (Å²) in [6.45, 7) is 7.98. The number of hydrogen-bond acceptors (Lipinski definition) is 3. The summed E-state index contributed by atoms with van der Waals surface area (Å²) in [6.07, 6.45) is 0. The van der Waals surface area contributed by atoms with Crippen LogP contribution >= 0.6 is 11.6 Å². The highest BCUT2D eigenvalue weighted by Gasteiger charge is 2.20. The van der Waals surface area contributed by atoms with Crippen LogP contribution in [0.15, 0.2) is 30.3 Å². The van der Waals surface area contributed by atoms with Crippen molar-refractivity contribution < 1.29 is 4.39 Å². The Morgan fingerprint density at radius 2 is 1.81 bits per heavy atom. The van der Waals surface area contributed by atoms with Crippen molar-refractivity contribution in [2.75, 3.05) is 31.1 Å². The zero-order valence-corrected chi connectivity index (χ0v) is 15.8. The van der Waals surface area contributed by atoms with Gasteiger partial charge in [0.1, 0.15) is 5.82 Å². The van der Waals surface area contributed by atoms with E-state index in [0.29, 0.717) is 22.7 Å². The second-order valence-electron chi connectivity index (χ2n) is 6.91. The third-order valence-corrected chi connectivity index (χ3v) is 5.16. The smallest absolute Gasteiger partial charge is 0.206 e. The van der Waals surface area contributed by atoms with Gasteiger partial charge < -0.3 is 14.8 Å². The Kier molecular flexibility index (Phi) is 4.59. The first-order chi connectivity index (χ1) is 12.5. The molecule has 0 radical (unpaired) electrons. The number of imidazole rings is 1. The van der Waals surface area contributed by atoms with E-state index in [0.717, 1.165) is 48.7 Å². The van der Waals surface area contributed by atoms with Gasteiger partial charge in [-0.05, 0) is 48.7 Å². The Morgan fingerprint density at radius 3 is 2.50 bits per heavy atom. The van der Waals surface area contributed by atoms with Gasteiger partial charge in [-0.2, -0.15) is 0 Å². The molecule has 1 N–H and O–H groups in total. The van der Waals surface area contributed by atoms with Crippen LogP contribution in [0.1, 0.15) is 16.7 Å². The maximum atomic E-state index is 14.0. The molecule has 1 aromatic heterocycles. The lowest BCUT2D eigenvalue weighted by Gasteiger charge is -2.29. The van der Waals surface area contributed by atoms with Crippen molar-refractivity contribution in [3.8, 4) is 0 Å². The van der Waals surface area contributed by atoms with E-state index < -0.39 is 0 Å². The quantitative estimate of drug-likeness (QED) is 0.756. The van der Waals surface area contributed by atoms with Gasteiger partial charge in [-0.15, -0.1) is 0 Å². The molecule has 1 aliphatic heterocycles. The van der Waals surface area contributed by atoms with Gasteiger partial charge in [0.25, 0.3) is 0 Å². The van der Waals surface area contributed by atoms with Gasteiger partial charge >= 0.3 is 0 Å². The number of aromatic nitrogens is 2. The van der Waals surface area contributed by atoms with E-state index in [4.69, 9.17) is 16.6 Å². The van der Waals surface area contributed by atoms with Crippen LogP contribution in [0.4, 0.5) is 10.3 Å². The molecule has 0 atom stereocenters. The number of nitrogens with one attached hydrogen (secondary N) is 1. The number of anilines is 1. The highest BCUT2D eigenvalue weighted by atomic mass is 35.5. The highest BCUT2D eigenvalue weighted by molar-refractivity contribution is 6.31. The van der Waals surface area contributed by atoms with Crippen LogP contribution in [0.3, 0.4) is 0 Å². The molecule has 0 amide bonds. The first kappa shape index (κ1) is 17.3. The molecule has 1 saturated heterocycles. The molecular formula is C20H22ClFN4. The Balaban J connectivity index is 1.82. The van der Waals surface area contributed by atoms with E-state index in [1.165, 1.54) is 0 Å². The summed E-state index contributed by atoms with van der Waals surface area (Å²) in [6, 6.07) is 9.62. The van der Waals surface area contributed by atoms with Crippen molar-refractivity contribution in [3.63, 3.8) is 0 Å². The van der Waals surface area contributed by atoms with Crippen LogP contribution in [-0.4, -0.2) is 35.7 Å². The van der Waals surface area contributed by atoms with E-state index in [2.05, 4.69) is 14.8 Å². The molecule has 1 aliphatic rings. The Morgan fingerprint density at radius 1 is 1.12 bits per heavy atom. The lowest BCUT2D eigenvalue weighted by atomic mass is 10.1. The summed E-state index contributed by atoms with van der Waals surface area (Å²) in [5.74, 6) is 0.818. The maximum Gasteiger partial charge on any atom is 0.206 e. The molecule has 26 heavy (non-hydrogen) atoms. The predicted octanol–water partition coefficient (Wildman–Crippen LogP) is 3.90. The second kappa shape index (κ2) is 6.89. The van der Waals surface area contributed by atoms with Crippen molar-refractivity contribution in [3.05, 3.63) is 57.9 Å². The minimum Gasteiger partial charge on any atom is -0.340 e. The SMILES string of the molecule is Cc1cc(Cn2c(N3CCNCC3)nc3ccc(Cl)cc32)cc(C)c1F. The van der Waals surface area contributed by atoms with Gasteiger partial charge in [-0.3, -0.25) is 0 Å². The molecule has 4 nitrogen and oxygen atoms in total. The van der Waals surface area contributed by atoms with Crippen molar-refractivity contribution >= 4 is 28.6 Å². The monoisotopic (exact) mass is 372 g/mol. The van der Waals surface area contributed by atoms with Crippen molar-refractivity contribution in [2.24, 2.45) is 0 Å². The molecular weight excluding hydrogens is 351 g/mol. The first-order valence-electron chi connectivity index (χ1n) is 8.90. The van der Waals surface area contributed by atoms with Crippen LogP contribution in [0.25, 0.3) is 11.0 Å². The average Bonchev–Trinajstić information content (AvgIpc) is 2.98. The molecule has 0 saturated carbocycles. The summed E-state index contributed by atoms with van der Waals surface area (Å²) in [7, 11) is 0. The highest BCUT2D eigenvalue weighted by Crippen LogP contribution is 2.27. The fourth-order valence-corrected chi connectivity index (χ4v) is 3.82. The maximum absolute atomic E-state index is 14.0. The van der Waals surface area contributed by atoms with Crippen molar-refractivity contribution in [2.45, 2.75) is 20.4 Å². The third kappa shape index (κ3) is 3.17. The van der Waals surface area contributed by atoms with Gasteiger partial charge in [-0.25, -0.2) is 9.37 Å². The van der Waals surface area contributed by atoms with E-state index in [-0.39, 0.29) is 5.82 Å². The zero-order valence-electron chi connectivity index (χ0n) is 15.0. The molecule has 0 spiro atoms. The van der Waals surface area contributed by atoms with Crippen LogP contribution in [0, 0.1) is 19.7 Å². The van der Waals surface area contributed by atoms with Gasteiger partial charge in [-0.1, -0.05) is 23.7 Å². The summed E-state index contributed by atoms with van der Waals surface area (Å²) in [4.78, 5) is 7.16. The summed E-state index contributed by atoms with van der Waals surface area (Å²) < 4.78 is 16.2. The Hall–Kier alpha value is -2.11. The fraction of sp³-hybridized carbons (Fsp3) is 0.350. The van der Waals surface area contributed by atoms with Crippen LogP contribution < -0.4 is 10.2 Å². The molecule has 2 aromatic carbocycles. The van der Waals surface area contributed by atoms with E-state index in [1.54, 1.807) is 0 Å².